The van der Waals surface area contributed by atoms with Gasteiger partial charge in [-0.05, 0) is 26.0 Å². The zero-order chi connectivity index (χ0) is 11.7. The summed E-state index contributed by atoms with van der Waals surface area (Å²) < 4.78 is 5.36. The number of fused-ring (bicyclic) bond motifs is 1. The third-order valence-corrected chi connectivity index (χ3v) is 2.04. The van der Waals surface area contributed by atoms with E-state index in [4.69, 9.17) is 9.52 Å². The Kier molecular flexibility index (Phi) is 2.44. The van der Waals surface area contributed by atoms with Crippen molar-refractivity contribution < 1.29 is 14.3 Å². The predicted octanol–water partition coefficient (Wildman–Crippen LogP) is 1.94. The first-order valence-corrected chi connectivity index (χ1v) is 4.72. The molecule has 0 fully saturated rings. The molecule has 0 saturated heterocycles. The Morgan fingerprint density at radius 3 is 2.88 bits per heavy atom. The van der Waals surface area contributed by atoms with Crippen molar-refractivity contribution >= 4 is 23.1 Å². The van der Waals surface area contributed by atoms with Crippen LogP contribution in [0.4, 0.5) is 0 Å². The van der Waals surface area contributed by atoms with E-state index in [0.29, 0.717) is 17.2 Å². The zero-order valence-corrected chi connectivity index (χ0v) is 8.89. The van der Waals surface area contributed by atoms with Gasteiger partial charge in [0, 0.05) is 6.08 Å². The number of aliphatic carboxylic acids is 1. The number of carboxylic acids is 1. The average Bonchev–Trinajstić information content (AvgIpc) is 2.54. The second kappa shape index (κ2) is 3.77. The van der Waals surface area contributed by atoms with Crippen LogP contribution in [-0.4, -0.2) is 21.0 Å². The molecule has 5 nitrogen and oxygen atoms in total. The van der Waals surface area contributed by atoms with Gasteiger partial charge < -0.3 is 9.52 Å². The van der Waals surface area contributed by atoms with Gasteiger partial charge in [0.05, 0.1) is 11.1 Å². The Bertz CT molecular complexity index is 584. The Hall–Kier alpha value is -2.17. The molecule has 0 amide bonds. The van der Waals surface area contributed by atoms with E-state index in [2.05, 4.69) is 9.97 Å². The van der Waals surface area contributed by atoms with Crippen molar-refractivity contribution in [1.82, 2.24) is 9.97 Å². The van der Waals surface area contributed by atoms with E-state index in [0.717, 1.165) is 17.2 Å². The summed E-state index contributed by atoms with van der Waals surface area (Å²) in [5.41, 5.74) is 1.04. The van der Waals surface area contributed by atoms with Crippen LogP contribution in [0, 0.1) is 13.8 Å². The lowest BCUT2D eigenvalue weighted by Gasteiger charge is -1.96. The summed E-state index contributed by atoms with van der Waals surface area (Å²) in [6.07, 6.45) is 2.48. The van der Waals surface area contributed by atoms with Crippen LogP contribution in [0.25, 0.3) is 17.2 Å². The first kappa shape index (κ1) is 10.4. The molecule has 1 N–H and O–H groups in total. The van der Waals surface area contributed by atoms with E-state index in [9.17, 15) is 4.79 Å². The maximum atomic E-state index is 10.4. The van der Waals surface area contributed by atoms with Crippen LogP contribution in [0.5, 0.6) is 0 Å². The molecule has 0 atom stereocenters. The smallest absolute Gasteiger partial charge is 0.328 e. The highest BCUT2D eigenvalue weighted by molar-refractivity contribution is 5.90. The molecule has 0 aliphatic rings. The van der Waals surface area contributed by atoms with Crippen LogP contribution < -0.4 is 0 Å². The summed E-state index contributed by atoms with van der Waals surface area (Å²) in [5, 5.41) is 9.29. The summed E-state index contributed by atoms with van der Waals surface area (Å²) in [5.74, 6) is 0.261. The zero-order valence-electron chi connectivity index (χ0n) is 8.89. The summed E-state index contributed by atoms with van der Waals surface area (Å²) >= 11 is 0. The maximum absolute atomic E-state index is 10.4. The molecule has 5 heteroatoms. The first-order valence-electron chi connectivity index (χ1n) is 4.72. The fourth-order valence-corrected chi connectivity index (χ4v) is 1.45. The van der Waals surface area contributed by atoms with Gasteiger partial charge in [0.15, 0.2) is 0 Å². The Morgan fingerprint density at radius 1 is 1.44 bits per heavy atom. The van der Waals surface area contributed by atoms with Crippen molar-refractivity contribution in [3.05, 3.63) is 29.4 Å². The van der Waals surface area contributed by atoms with E-state index in [-0.39, 0.29) is 0 Å². The van der Waals surface area contributed by atoms with Crippen molar-refractivity contribution in [1.29, 1.82) is 0 Å². The number of aromatic nitrogens is 2. The van der Waals surface area contributed by atoms with Crippen LogP contribution in [-0.2, 0) is 4.79 Å². The van der Waals surface area contributed by atoms with Crippen LogP contribution in [0.1, 0.15) is 17.3 Å². The number of carbonyl (C=O) groups is 1. The molecule has 2 rings (SSSR count). The van der Waals surface area contributed by atoms with Gasteiger partial charge in [0.1, 0.15) is 11.6 Å². The molecule has 0 saturated carbocycles. The van der Waals surface area contributed by atoms with Crippen molar-refractivity contribution in [2.45, 2.75) is 13.8 Å². The normalized spacial score (nSPS) is 11.4. The fourth-order valence-electron chi connectivity index (χ4n) is 1.45. The monoisotopic (exact) mass is 218 g/mol. The number of rotatable bonds is 2. The number of hydrogen-bond donors (Lipinski definition) is 1. The molecule has 0 aromatic carbocycles. The maximum Gasteiger partial charge on any atom is 0.328 e. The van der Waals surface area contributed by atoms with E-state index < -0.39 is 5.97 Å². The Morgan fingerprint density at radius 2 is 2.19 bits per heavy atom. The minimum atomic E-state index is -1.01. The summed E-state index contributed by atoms with van der Waals surface area (Å²) in [7, 11) is 0. The highest BCUT2D eigenvalue weighted by Gasteiger charge is 2.08. The molecule has 82 valence electrons. The number of hydrogen-bond acceptors (Lipinski definition) is 4. The van der Waals surface area contributed by atoms with E-state index in [1.807, 2.05) is 6.92 Å². The van der Waals surface area contributed by atoms with Gasteiger partial charge in [-0.25, -0.2) is 9.78 Å². The predicted molar refractivity (Wildman–Crippen MR) is 57.9 cm³/mol. The lowest BCUT2D eigenvalue weighted by atomic mass is 10.2. The summed E-state index contributed by atoms with van der Waals surface area (Å²) in [6.45, 7) is 3.54. The van der Waals surface area contributed by atoms with Crippen molar-refractivity contribution in [2.75, 3.05) is 0 Å². The lowest BCUT2D eigenvalue weighted by molar-refractivity contribution is -0.131. The third kappa shape index (κ3) is 1.93. The molecule has 16 heavy (non-hydrogen) atoms. The van der Waals surface area contributed by atoms with Crippen molar-refractivity contribution in [3.8, 4) is 0 Å². The van der Waals surface area contributed by atoms with Crippen molar-refractivity contribution in [2.24, 2.45) is 0 Å². The van der Waals surface area contributed by atoms with E-state index >= 15 is 0 Å². The number of carboxylic acid groups (broad SMARTS) is 1. The molecule has 0 aliphatic carbocycles. The topological polar surface area (TPSA) is 76.2 Å². The van der Waals surface area contributed by atoms with Gasteiger partial charge in [-0.1, -0.05) is 0 Å². The lowest BCUT2D eigenvalue weighted by Crippen LogP contribution is -1.92. The van der Waals surface area contributed by atoms with E-state index in [1.165, 1.54) is 6.08 Å². The highest BCUT2D eigenvalue weighted by Crippen LogP contribution is 2.20. The van der Waals surface area contributed by atoms with Crippen LogP contribution >= 0.6 is 0 Å². The Balaban J connectivity index is 2.62. The Labute approximate surface area is 91.4 Å². The largest absolute Gasteiger partial charge is 0.478 e. The number of furan rings is 1. The molecule has 0 bridgehead atoms. The first-order chi connectivity index (χ1) is 7.56. The molecule has 0 radical (unpaired) electrons. The van der Waals surface area contributed by atoms with Crippen LogP contribution in [0.2, 0.25) is 0 Å². The molecule has 0 aliphatic heterocycles. The summed E-state index contributed by atoms with van der Waals surface area (Å²) in [6, 6.07) is 1.79. The molecular weight excluding hydrogens is 208 g/mol. The van der Waals surface area contributed by atoms with Crippen LogP contribution in [0.15, 0.2) is 16.6 Å². The van der Waals surface area contributed by atoms with Gasteiger partial charge >= 0.3 is 5.97 Å². The molecule has 2 aromatic heterocycles. The standard InChI is InChI=1S/C11H10N2O3/c1-6-5-8-9(3-4-10(14)15)12-7(2)13-11(8)16-6/h3-5H,1-2H3,(H,14,15)/b4-3+. The second-order valence-corrected chi connectivity index (χ2v) is 3.40. The van der Waals surface area contributed by atoms with E-state index in [1.54, 1.807) is 13.0 Å². The van der Waals surface area contributed by atoms with Gasteiger partial charge in [0.2, 0.25) is 5.71 Å². The van der Waals surface area contributed by atoms with Gasteiger partial charge in [-0.2, -0.15) is 4.98 Å². The van der Waals surface area contributed by atoms with Gasteiger partial charge in [-0.15, -0.1) is 0 Å². The minimum absolute atomic E-state index is 0.482. The quantitative estimate of drug-likeness (QED) is 0.779. The SMILES string of the molecule is Cc1nc(/C=C/C(=O)O)c2cc(C)oc2n1. The molecule has 2 heterocycles. The van der Waals surface area contributed by atoms with Gasteiger partial charge in [-0.3, -0.25) is 0 Å². The second-order valence-electron chi connectivity index (χ2n) is 3.40. The third-order valence-electron chi connectivity index (χ3n) is 2.04. The summed E-state index contributed by atoms with van der Waals surface area (Å²) in [4.78, 5) is 18.7. The van der Waals surface area contributed by atoms with Crippen LogP contribution in [0.3, 0.4) is 0 Å². The molecule has 2 aromatic rings. The minimum Gasteiger partial charge on any atom is -0.478 e. The molecule has 0 spiro atoms. The number of aryl methyl sites for hydroxylation is 2. The molecular formula is C11H10N2O3. The van der Waals surface area contributed by atoms with Crippen molar-refractivity contribution in [3.63, 3.8) is 0 Å². The fraction of sp³-hybridized carbons (Fsp3) is 0.182. The average molecular weight is 218 g/mol. The number of nitrogens with zero attached hydrogens (tertiary/aromatic N) is 2. The highest BCUT2D eigenvalue weighted by atomic mass is 16.4. The molecule has 0 unspecified atom stereocenters. The van der Waals surface area contributed by atoms with Gasteiger partial charge in [0.25, 0.3) is 0 Å².